The monoisotopic (exact) mass is 350 g/mol. The van der Waals surface area contributed by atoms with Gasteiger partial charge in [-0.15, -0.1) is 0 Å². The van der Waals surface area contributed by atoms with Crippen molar-refractivity contribution < 1.29 is 9.53 Å². The number of H-pyrrole nitrogens is 1. The summed E-state index contributed by atoms with van der Waals surface area (Å²) in [5, 5.41) is 9.86. The second kappa shape index (κ2) is 7.30. The Balaban J connectivity index is 1.38. The minimum atomic E-state index is -0.124. The van der Waals surface area contributed by atoms with Crippen molar-refractivity contribution in [3.05, 3.63) is 54.2 Å². The van der Waals surface area contributed by atoms with Crippen LogP contribution in [0.15, 0.2) is 42.9 Å². The summed E-state index contributed by atoms with van der Waals surface area (Å²) in [5.74, 6) is 1.76. The van der Waals surface area contributed by atoms with E-state index < -0.39 is 0 Å². The summed E-state index contributed by atoms with van der Waals surface area (Å²) in [6.45, 7) is 0.819. The summed E-state index contributed by atoms with van der Waals surface area (Å²) in [6, 6.07) is 7.85. The van der Waals surface area contributed by atoms with Gasteiger partial charge in [0.25, 0.3) is 0 Å². The topological polar surface area (TPSA) is 106 Å². The smallest absolute Gasteiger partial charge is 0.223 e. The minimum absolute atomic E-state index is 0.0113. The van der Waals surface area contributed by atoms with Gasteiger partial charge < -0.3 is 10.1 Å². The molecular formula is C18H18N6O2. The number of carbonyl (C=O) groups excluding carboxylic acids is 1. The number of nitrogens with zero attached hydrogens (tertiary/aromatic N) is 4. The molecular weight excluding hydrogens is 332 g/mol. The third-order valence-electron chi connectivity index (χ3n) is 4.29. The molecule has 3 aromatic rings. The first kappa shape index (κ1) is 16.2. The SMILES string of the molecule is O=C(NCc1nc(-c2cnccn2)n[nH]1)[C@H]1CCOc2ccccc2C1. The van der Waals surface area contributed by atoms with Crippen LogP contribution in [0, 0.1) is 5.92 Å². The van der Waals surface area contributed by atoms with E-state index in [0.29, 0.717) is 36.8 Å². The van der Waals surface area contributed by atoms with Gasteiger partial charge in [-0.3, -0.25) is 14.9 Å². The summed E-state index contributed by atoms with van der Waals surface area (Å²) in [5.41, 5.74) is 1.65. The number of carbonyl (C=O) groups is 1. The highest BCUT2D eigenvalue weighted by Crippen LogP contribution is 2.26. The number of nitrogens with one attached hydrogen (secondary N) is 2. The molecule has 2 aromatic heterocycles. The summed E-state index contributed by atoms with van der Waals surface area (Å²) < 4.78 is 5.72. The van der Waals surface area contributed by atoms with Crippen LogP contribution in [0.1, 0.15) is 17.8 Å². The van der Waals surface area contributed by atoms with Gasteiger partial charge in [0.2, 0.25) is 11.7 Å². The molecule has 4 rings (SSSR count). The van der Waals surface area contributed by atoms with Crippen molar-refractivity contribution >= 4 is 5.91 Å². The minimum Gasteiger partial charge on any atom is -0.493 e. The fourth-order valence-corrected chi connectivity index (χ4v) is 2.93. The zero-order valence-electron chi connectivity index (χ0n) is 14.1. The third-order valence-corrected chi connectivity index (χ3v) is 4.29. The molecule has 132 valence electrons. The number of amides is 1. The maximum absolute atomic E-state index is 12.6. The Morgan fingerprint density at radius 2 is 2.23 bits per heavy atom. The predicted octanol–water partition coefficient (Wildman–Crippen LogP) is 1.52. The average molecular weight is 350 g/mol. The molecule has 0 saturated heterocycles. The van der Waals surface area contributed by atoms with Crippen LogP contribution in [0.25, 0.3) is 11.5 Å². The molecule has 1 aromatic carbocycles. The van der Waals surface area contributed by atoms with Crippen LogP contribution in [-0.4, -0.2) is 37.7 Å². The van der Waals surface area contributed by atoms with Gasteiger partial charge in [-0.25, -0.2) is 9.97 Å². The van der Waals surface area contributed by atoms with Crippen molar-refractivity contribution in [1.29, 1.82) is 0 Å². The Bertz CT molecular complexity index is 895. The molecule has 1 atom stereocenters. The van der Waals surface area contributed by atoms with Gasteiger partial charge in [0.1, 0.15) is 17.3 Å². The zero-order valence-corrected chi connectivity index (χ0v) is 14.1. The number of ether oxygens (including phenoxy) is 1. The maximum atomic E-state index is 12.6. The molecule has 1 aliphatic rings. The number of rotatable bonds is 4. The van der Waals surface area contributed by atoms with Crippen molar-refractivity contribution in [2.45, 2.75) is 19.4 Å². The first-order chi connectivity index (χ1) is 12.8. The van der Waals surface area contributed by atoms with Crippen molar-refractivity contribution in [2.24, 2.45) is 5.92 Å². The Morgan fingerprint density at radius 3 is 3.12 bits per heavy atom. The number of aromatic amines is 1. The van der Waals surface area contributed by atoms with Crippen molar-refractivity contribution in [3.63, 3.8) is 0 Å². The molecule has 0 radical (unpaired) electrons. The lowest BCUT2D eigenvalue weighted by Gasteiger charge is -2.13. The molecule has 8 heteroatoms. The largest absolute Gasteiger partial charge is 0.493 e. The molecule has 1 aliphatic heterocycles. The zero-order chi connectivity index (χ0) is 17.8. The van der Waals surface area contributed by atoms with Crippen molar-refractivity contribution in [1.82, 2.24) is 30.5 Å². The van der Waals surface area contributed by atoms with E-state index in [1.807, 2.05) is 24.3 Å². The normalized spacial score (nSPS) is 16.2. The molecule has 0 aliphatic carbocycles. The van der Waals surface area contributed by atoms with Crippen LogP contribution in [0.5, 0.6) is 5.75 Å². The lowest BCUT2D eigenvalue weighted by Crippen LogP contribution is -2.32. The number of hydrogen-bond donors (Lipinski definition) is 2. The van der Waals surface area contributed by atoms with Crippen molar-refractivity contribution in [3.8, 4) is 17.3 Å². The molecule has 26 heavy (non-hydrogen) atoms. The Hall–Kier alpha value is -3.29. The fraction of sp³-hybridized carbons (Fsp3) is 0.278. The average Bonchev–Trinajstić information content (AvgIpc) is 3.05. The molecule has 2 N–H and O–H groups in total. The molecule has 3 heterocycles. The summed E-state index contributed by atoms with van der Waals surface area (Å²) in [6.07, 6.45) is 6.12. The molecule has 8 nitrogen and oxygen atoms in total. The first-order valence-electron chi connectivity index (χ1n) is 8.45. The Labute approximate surface area is 150 Å². The standard InChI is InChI=1S/C18H18N6O2/c25-18(13-5-8-26-15-4-2-1-3-12(15)9-13)21-11-16-22-17(24-23-16)14-10-19-6-7-20-14/h1-4,6-7,10,13H,5,8-9,11H2,(H,21,25)(H,22,23,24)/t13-/m0/s1. The van der Waals surface area contributed by atoms with Crippen LogP contribution < -0.4 is 10.1 Å². The van der Waals surface area contributed by atoms with Crippen LogP contribution >= 0.6 is 0 Å². The van der Waals surface area contributed by atoms with Gasteiger partial charge in [-0.1, -0.05) is 18.2 Å². The molecule has 1 amide bonds. The Morgan fingerprint density at radius 1 is 1.31 bits per heavy atom. The highest BCUT2D eigenvalue weighted by Gasteiger charge is 2.23. The van der Waals surface area contributed by atoms with E-state index in [9.17, 15) is 4.79 Å². The van der Waals surface area contributed by atoms with Crippen LogP contribution in [0.4, 0.5) is 0 Å². The number of para-hydroxylation sites is 1. The van der Waals surface area contributed by atoms with E-state index in [2.05, 4.69) is 30.5 Å². The van der Waals surface area contributed by atoms with Crippen LogP contribution in [0.2, 0.25) is 0 Å². The van der Waals surface area contributed by atoms with Gasteiger partial charge in [-0.05, 0) is 24.5 Å². The number of fused-ring (bicyclic) bond motifs is 1. The van der Waals surface area contributed by atoms with E-state index in [1.54, 1.807) is 18.6 Å². The molecule has 0 bridgehead atoms. The van der Waals surface area contributed by atoms with E-state index >= 15 is 0 Å². The quantitative estimate of drug-likeness (QED) is 0.739. The van der Waals surface area contributed by atoms with E-state index in [-0.39, 0.29) is 18.4 Å². The lowest BCUT2D eigenvalue weighted by atomic mass is 9.96. The van der Waals surface area contributed by atoms with E-state index in [1.165, 1.54) is 0 Å². The summed E-state index contributed by atoms with van der Waals surface area (Å²) in [4.78, 5) is 25.1. The Kier molecular flexibility index (Phi) is 4.55. The van der Waals surface area contributed by atoms with Gasteiger partial charge >= 0.3 is 0 Å². The second-order valence-electron chi connectivity index (χ2n) is 6.06. The molecule has 0 fully saturated rings. The van der Waals surface area contributed by atoms with E-state index in [0.717, 1.165) is 11.3 Å². The molecule has 0 saturated carbocycles. The predicted molar refractivity (Wildman–Crippen MR) is 93.0 cm³/mol. The maximum Gasteiger partial charge on any atom is 0.223 e. The van der Waals surface area contributed by atoms with Gasteiger partial charge in [0, 0.05) is 18.3 Å². The molecule has 0 unspecified atom stereocenters. The number of hydrogen-bond acceptors (Lipinski definition) is 6. The van der Waals surface area contributed by atoms with E-state index in [4.69, 9.17) is 4.74 Å². The third kappa shape index (κ3) is 3.53. The van der Waals surface area contributed by atoms with Gasteiger partial charge in [-0.2, -0.15) is 5.10 Å². The first-order valence-corrected chi connectivity index (χ1v) is 8.45. The highest BCUT2D eigenvalue weighted by molar-refractivity contribution is 5.79. The second-order valence-corrected chi connectivity index (χ2v) is 6.06. The van der Waals surface area contributed by atoms with Crippen molar-refractivity contribution in [2.75, 3.05) is 6.61 Å². The van der Waals surface area contributed by atoms with Gasteiger partial charge in [0.05, 0.1) is 19.3 Å². The number of benzene rings is 1. The highest BCUT2D eigenvalue weighted by atomic mass is 16.5. The van der Waals surface area contributed by atoms with Crippen LogP contribution in [0.3, 0.4) is 0 Å². The van der Waals surface area contributed by atoms with Gasteiger partial charge in [0.15, 0.2) is 0 Å². The summed E-state index contributed by atoms with van der Waals surface area (Å²) in [7, 11) is 0. The number of aromatic nitrogens is 5. The molecule has 0 spiro atoms. The summed E-state index contributed by atoms with van der Waals surface area (Å²) >= 11 is 0. The fourth-order valence-electron chi connectivity index (χ4n) is 2.93. The van der Waals surface area contributed by atoms with Crippen LogP contribution in [-0.2, 0) is 17.8 Å². The lowest BCUT2D eigenvalue weighted by molar-refractivity contribution is -0.125.